The van der Waals surface area contributed by atoms with Gasteiger partial charge in [-0.25, -0.2) is 0 Å². The molecule has 0 spiro atoms. The second-order valence-electron chi connectivity index (χ2n) is 6.77. The Labute approximate surface area is 147 Å². The molecule has 1 amide bonds. The number of amides is 1. The van der Waals surface area contributed by atoms with Crippen LogP contribution >= 0.6 is 0 Å². The Balaban J connectivity index is 1.69. The summed E-state index contributed by atoms with van der Waals surface area (Å²) in [6, 6.07) is 0.440. The number of carbonyl (C=O) groups is 1. The highest BCUT2D eigenvalue weighted by molar-refractivity contribution is 5.77. The lowest BCUT2D eigenvalue weighted by atomic mass is 10.3. The van der Waals surface area contributed by atoms with Gasteiger partial charge in [-0.05, 0) is 34.2 Å². The van der Waals surface area contributed by atoms with Crippen LogP contribution in [0.3, 0.4) is 0 Å². The van der Waals surface area contributed by atoms with Gasteiger partial charge in [0.15, 0.2) is 11.6 Å². The molecule has 2 aromatic heterocycles. The van der Waals surface area contributed by atoms with Gasteiger partial charge in [0.1, 0.15) is 12.2 Å². The van der Waals surface area contributed by atoms with Crippen molar-refractivity contribution in [2.45, 2.75) is 59.3 Å². The lowest BCUT2D eigenvalue weighted by molar-refractivity contribution is -0.131. The van der Waals surface area contributed by atoms with Gasteiger partial charge in [0.05, 0.1) is 13.1 Å². The number of fused-ring (bicyclic) bond motifs is 1. The number of hydrogen-bond donors (Lipinski definition) is 0. The SMILES string of the molecule is Cc1noc(CC(=O)N2CCCn3c(nnc3CN(C)C(C)C)C2)n1. The van der Waals surface area contributed by atoms with Crippen LogP contribution in [-0.2, 0) is 30.8 Å². The third-order valence-electron chi connectivity index (χ3n) is 4.54. The second-order valence-corrected chi connectivity index (χ2v) is 6.77. The molecule has 0 atom stereocenters. The van der Waals surface area contributed by atoms with Gasteiger partial charge in [0, 0.05) is 19.1 Å². The largest absolute Gasteiger partial charge is 0.339 e. The maximum Gasteiger partial charge on any atom is 0.236 e. The molecule has 1 aliphatic rings. The standard InChI is InChI=1S/C16H25N7O2/c1-11(2)21(4)9-13-18-19-14-10-22(6-5-7-23(13)14)16(24)8-15-17-12(3)20-25-15/h11H,5-10H2,1-4H3. The number of carbonyl (C=O) groups excluding carboxylic acids is 1. The van der Waals surface area contributed by atoms with Crippen molar-refractivity contribution >= 4 is 5.91 Å². The molecular weight excluding hydrogens is 322 g/mol. The Hall–Kier alpha value is -2.29. The molecular formula is C16H25N7O2. The molecule has 3 heterocycles. The van der Waals surface area contributed by atoms with Crippen molar-refractivity contribution in [3.8, 4) is 0 Å². The van der Waals surface area contributed by atoms with E-state index < -0.39 is 0 Å². The first-order valence-electron chi connectivity index (χ1n) is 8.62. The lowest BCUT2D eigenvalue weighted by Crippen LogP contribution is -2.32. The van der Waals surface area contributed by atoms with Gasteiger partial charge in [-0.15, -0.1) is 10.2 Å². The zero-order chi connectivity index (χ0) is 18.0. The highest BCUT2D eigenvalue weighted by atomic mass is 16.5. The minimum Gasteiger partial charge on any atom is -0.339 e. The average molecular weight is 347 g/mol. The Kier molecular flexibility index (Phi) is 5.12. The molecule has 2 aromatic rings. The number of rotatable bonds is 5. The molecule has 0 saturated heterocycles. The first-order chi connectivity index (χ1) is 11.9. The van der Waals surface area contributed by atoms with Crippen molar-refractivity contribution in [1.29, 1.82) is 0 Å². The Bertz CT molecular complexity index is 737. The minimum atomic E-state index is -0.0269. The van der Waals surface area contributed by atoms with Crippen molar-refractivity contribution in [2.75, 3.05) is 13.6 Å². The van der Waals surface area contributed by atoms with E-state index in [1.54, 1.807) is 11.8 Å². The fourth-order valence-corrected chi connectivity index (χ4v) is 2.81. The molecule has 0 fully saturated rings. The molecule has 9 heteroatoms. The molecule has 136 valence electrons. The Morgan fingerprint density at radius 2 is 2.12 bits per heavy atom. The smallest absolute Gasteiger partial charge is 0.236 e. The van der Waals surface area contributed by atoms with Crippen LogP contribution < -0.4 is 0 Å². The third-order valence-corrected chi connectivity index (χ3v) is 4.54. The number of nitrogens with zero attached hydrogens (tertiary/aromatic N) is 7. The molecule has 3 rings (SSSR count). The normalized spacial score (nSPS) is 14.9. The summed E-state index contributed by atoms with van der Waals surface area (Å²) in [6.07, 6.45) is 0.996. The van der Waals surface area contributed by atoms with E-state index in [1.165, 1.54) is 0 Å². The molecule has 1 aliphatic heterocycles. The van der Waals surface area contributed by atoms with Gasteiger partial charge < -0.3 is 14.0 Å². The topological polar surface area (TPSA) is 93.2 Å². The van der Waals surface area contributed by atoms with Gasteiger partial charge >= 0.3 is 0 Å². The van der Waals surface area contributed by atoms with Crippen molar-refractivity contribution in [3.63, 3.8) is 0 Å². The molecule has 0 N–H and O–H groups in total. The van der Waals surface area contributed by atoms with Crippen LogP contribution in [0.1, 0.15) is 43.6 Å². The second kappa shape index (κ2) is 7.30. The Morgan fingerprint density at radius 1 is 1.32 bits per heavy atom. The van der Waals surface area contributed by atoms with Crippen molar-refractivity contribution in [3.05, 3.63) is 23.4 Å². The van der Waals surface area contributed by atoms with Gasteiger partial charge in [0.25, 0.3) is 0 Å². The predicted molar refractivity (Wildman–Crippen MR) is 89.4 cm³/mol. The quantitative estimate of drug-likeness (QED) is 0.789. The van der Waals surface area contributed by atoms with Crippen LogP contribution in [0.25, 0.3) is 0 Å². The summed E-state index contributed by atoms with van der Waals surface area (Å²) in [7, 11) is 2.07. The van der Waals surface area contributed by atoms with Crippen molar-refractivity contribution in [2.24, 2.45) is 0 Å². The zero-order valence-electron chi connectivity index (χ0n) is 15.3. The molecule has 9 nitrogen and oxygen atoms in total. The minimum absolute atomic E-state index is 0.0269. The first kappa shape index (κ1) is 17.5. The number of hydrogen-bond acceptors (Lipinski definition) is 7. The van der Waals surface area contributed by atoms with Crippen molar-refractivity contribution < 1.29 is 9.32 Å². The fourth-order valence-electron chi connectivity index (χ4n) is 2.81. The molecule has 0 aromatic carbocycles. The highest BCUT2D eigenvalue weighted by Gasteiger charge is 2.24. The Morgan fingerprint density at radius 3 is 2.80 bits per heavy atom. The predicted octanol–water partition coefficient (Wildman–Crippen LogP) is 0.785. The van der Waals surface area contributed by atoms with Crippen LogP contribution in [0.15, 0.2) is 4.52 Å². The maximum atomic E-state index is 12.5. The third kappa shape index (κ3) is 4.04. The first-order valence-corrected chi connectivity index (χ1v) is 8.62. The molecule has 0 aliphatic carbocycles. The van der Waals surface area contributed by atoms with E-state index in [1.807, 2.05) is 0 Å². The summed E-state index contributed by atoms with van der Waals surface area (Å²) in [5.41, 5.74) is 0. The van der Waals surface area contributed by atoms with Crippen LogP contribution in [0.5, 0.6) is 0 Å². The van der Waals surface area contributed by atoms with E-state index >= 15 is 0 Å². The summed E-state index contributed by atoms with van der Waals surface area (Å²) in [5.74, 6) is 2.65. The zero-order valence-corrected chi connectivity index (χ0v) is 15.3. The van der Waals surface area contributed by atoms with E-state index in [9.17, 15) is 4.79 Å². The van der Waals surface area contributed by atoms with E-state index in [0.29, 0.717) is 30.8 Å². The van der Waals surface area contributed by atoms with Gasteiger partial charge in [-0.3, -0.25) is 9.69 Å². The summed E-state index contributed by atoms with van der Waals surface area (Å²) in [6.45, 7) is 8.77. The van der Waals surface area contributed by atoms with Gasteiger partial charge in [0.2, 0.25) is 11.8 Å². The summed E-state index contributed by atoms with van der Waals surface area (Å²) < 4.78 is 7.19. The van der Waals surface area contributed by atoms with Crippen molar-refractivity contribution in [1.82, 2.24) is 34.7 Å². The highest BCUT2D eigenvalue weighted by Crippen LogP contribution is 2.15. The van der Waals surface area contributed by atoms with Crippen LogP contribution in [0.2, 0.25) is 0 Å². The number of aromatic nitrogens is 5. The van der Waals surface area contributed by atoms with E-state index in [-0.39, 0.29) is 12.3 Å². The maximum absolute atomic E-state index is 12.5. The molecule has 0 unspecified atom stereocenters. The molecule has 0 saturated carbocycles. The average Bonchev–Trinajstić information content (AvgIpc) is 3.06. The number of aryl methyl sites for hydroxylation is 1. The monoisotopic (exact) mass is 347 g/mol. The summed E-state index contributed by atoms with van der Waals surface area (Å²) in [4.78, 5) is 20.7. The summed E-state index contributed by atoms with van der Waals surface area (Å²) in [5, 5.41) is 12.4. The van der Waals surface area contributed by atoms with Crippen LogP contribution in [0.4, 0.5) is 0 Å². The molecule has 0 bridgehead atoms. The van der Waals surface area contributed by atoms with Gasteiger partial charge in [-0.2, -0.15) is 4.98 Å². The molecule has 0 radical (unpaired) electrons. The molecule has 25 heavy (non-hydrogen) atoms. The lowest BCUT2D eigenvalue weighted by Gasteiger charge is -2.20. The fraction of sp³-hybridized carbons (Fsp3) is 0.688. The van der Waals surface area contributed by atoms with Crippen LogP contribution in [-0.4, -0.2) is 60.2 Å². The van der Waals surface area contributed by atoms with E-state index in [4.69, 9.17) is 4.52 Å². The van der Waals surface area contributed by atoms with Gasteiger partial charge in [-0.1, -0.05) is 5.16 Å². The van der Waals surface area contributed by atoms with E-state index in [0.717, 1.165) is 31.2 Å². The summed E-state index contributed by atoms with van der Waals surface area (Å²) >= 11 is 0. The van der Waals surface area contributed by atoms with Crippen LogP contribution in [0, 0.1) is 6.92 Å². The van der Waals surface area contributed by atoms with E-state index in [2.05, 4.69) is 50.7 Å².